The molecule has 0 aliphatic heterocycles. The van der Waals surface area contributed by atoms with E-state index >= 15 is 0 Å². The summed E-state index contributed by atoms with van der Waals surface area (Å²) in [4.78, 5) is 10.9. The Bertz CT molecular complexity index is 394. The molecular formula is C11H13ClO5. The fraction of sp³-hybridized carbons (Fsp3) is 0.364. The highest BCUT2D eigenvalue weighted by molar-refractivity contribution is 6.31. The first-order valence-electron chi connectivity index (χ1n) is 4.86. The van der Waals surface area contributed by atoms with Crippen molar-refractivity contribution in [2.24, 2.45) is 0 Å². The van der Waals surface area contributed by atoms with Crippen LogP contribution in [0.25, 0.3) is 0 Å². The largest absolute Gasteiger partial charge is 0.493 e. The van der Waals surface area contributed by atoms with Crippen LogP contribution in [0.15, 0.2) is 12.1 Å². The zero-order chi connectivity index (χ0) is 12.8. The van der Waals surface area contributed by atoms with Crippen molar-refractivity contribution < 1.29 is 24.5 Å². The van der Waals surface area contributed by atoms with Gasteiger partial charge in [0.1, 0.15) is 12.7 Å². The highest BCUT2D eigenvalue weighted by Crippen LogP contribution is 2.33. The first-order chi connectivity index (χ1) is 8.12. The van der Waals surface area contributed by atoms with Gasteiger partial charge >= 0.3 is 0 Å². The fourth-order valence-electron chi connectivity index (χ4n) is 1.21. The van der Waals surface area contributed by atoms with E-state index in [-0.39, 0.29) is 17.9 Å². The quantitative estimate of drug-likeness (QED) is 0.743. The maximum Gasteiger partial charge on any atom is 0.171 e. The second-order valence-corrected chi connectivity index (χ2v) is 3.73. The van der Waals surface area contributed by atoms with Crippen molar-refractivity contribution in [3.63, 3.8) is 0 Å². The summed E-state index contributed by atoms with van der Waals surface area (Å²) in [5.41, 5.74) is 0.222. The van der Waals surface area contributed by atoms with E-state index in [1.54, 1.807) is 0 Å². The van der Waals surface area contributed by atoms with Crippen molar-refractivity contribution in [2.75, 3.05) is 20.3 Å². The molecule has 17 heavy (non-hydrogen) atoms. The number of carbonyl (C=O) groups is 1. The number of methoxy groups -OCH3 is 1. The molecule has 1 unspecified atom stereocenters. The first-order valence-corrected chi connectivity index (χ1v) is 5.24. The molecule has 6 heteroatoms. The van der Waals surface area contributed by atoms with Gasteiger partial charge in [0.25, 0.3) is 0 Å². The zero-order valence-corrected chi connectivity index (χ0v) is 9.98. The van der Waals surface area contributed by atoms with E-state index in [1.165, 1.54) is 19.2 Å². The van der Waals surface area contributed by atoms with Gasteiger partial charge in [0.2, 0.25) is 0 Å². The SMILES string of the molecule is COc1cc(Cl)cc(C=O)c1OCC(O)CO. The van der Waals surface area contributed by atoms with Crippen LogP contribution < -0.4 is 9.47 Å². The minimum Gasteiger partial charge on any atom is -0.493 e. The Morgan fingerprint density at radius 2 is 2.24 bits per heavy atom. The summed E-state index contributed by atoms with van der Waals surface area (Å²) < 4.78 is 10.3. The van der Waals surface area contributed by atoms with Crippen LogP contribution in [0, 0.1) is 0 Å². The molecule has 0 aromatic heterocycles. The average Bonchev–Trinajstić information content (AvgIpc) is 2.35. The molecule has 0 spiro atoms. The molecule has 5 nitrogen and oxygen atoms in total. The second-order valence-electron chi connectivity index (χ2n) is 3.29. The lowest BCUT2D eigenvalue weighted by atomic mass is 10.2. The lowest BCUT2D eigenvalue weighted by molar-refractivity contribution is 0.0524. The molecule has 0 fully saturated rings. The predicted octanol–water partition coefficient (Wildman–Crippen LogP) is 0.893. The maximum atomic E-state index is 10.9. The highest BCUT2D eigenvalue weighted by Gasteiger charge is 2.14. The van der Waals surface area contributed by atoms with E-state index in [9.17, 15) is 9.90 Å². The zero-order valence-electron chi connectivity index (χ0n) is 9.22. The molecule has 1 aromatic rings. The van der Waals surface area contributed by atoms with E-state index < -0.39 is 12.7 Å². The summed E-state index contributed by atoms with van der Waals surface area (Å²) in [5, 5.41) is 18.2. The van der Waals surface area contributed by atoms with Gasteiger partial charge in [-0.1, -0.05) is 11.6 Å². The van der Waals surface area contributed by atoms with Crippen molar-refractivity contribution in [1.82, 2.24) is 0 Å². The van der Waals surface area contributed by atoms with Gasteiger partial charge in [0, 0.05) is 11.1 Å². The number of hydrogen-bond acceptors (Lipinski definition) is 5. The van der Waals surface area contributed by atoms with E-state index in [0.29, 0.717) is 17.1 Å². The van der Waals surface area contributed by atoms with Gasteiger partial charge < -0.3 is 19.7 Å². The van der Waals surface area contributed by atoms with Gasteiger partial charge in [-0.05, 0) is 6.07 Å². The highest BCUT2D eigenvalue weighted by atomic mass is 35.5. The van der Waals surface area contributed by atoms with E-state index in [4.69, 9.17) is 26.2 Å². The molecule has 0 aliphatic carbocycles. The molecule has 0 aliphatic rings. The van der Waals surface area contributed by atoms with Gasteiger partial charge in [-0.15, -0.1) is 0 Å². The van der Waals surface area contributed by atoms with E-state index in [0.717, 1.165) is 0 Å². The number of rotatable bonds is 6. The van der Waals surface area contributed by atoms with Crippen LogP contribution in [0.1, 0.15) is 10.4 Å². The van der Waals surface area contributed by atoms with Crippen molar-refractivity contribution in [3.8, 4) is 11.5 Å². The second kappa shape index (κ2) is 6.44. The Hall–Kier alpha value is -1.30. The normalized spacial score (nSPS) is 12.0. The number of benzene rings is 1. The Balaban J connectivity index is 2.98. The van der Waals surface area contributed by atoms with Crippen molar-refractivity contribution in [3.05, 3.63) is 22.7 Å². The molecule has 94 valence electrons. The van der Waals surface area contributed by atoms with Crippen LogP contribution in [0.2, 0.25) is 5.02 Å². The molecule has 0 saturated carbocycles. The molecule has 1 atom stereocenters. The minimum atomic E-state index is -1.02. The van der Waals surface area contributed by atoms with Crippen molar-refractivity contribution >= 4 is 17.9 Å². The number of hydrogen-bond donors (Lipinski definition) is 2. The molecule has 0 heterocycles. The Kier molecular flexibility index (Phi) is 5.21. The van der Waals surface area contributed by atoms with Gasteiger partial charge in [-0.25, -0.2) is 0 Å². The number of carbonyl (C=O) groups excluding carboxylic acids is 1. The third-order valence-electron chi connectivity index (χ3n) is 2.03. The van der Waals surface area contributed by atoms with E-state index in [1.807, 2.05) is 0 Å². The maximum absolute atomic E-state index is 10.9. The van der Waals surface area contributed by atoms with Gasteiger partial charge in [-0.2, -0.15) is 0 Å². The Morgan fingerprint density at radius 3 is 2.76 bits per heavy atom. The standard InChI is InChI=1S/C11H13ClO5/c1-16-10-3-8(12)2-7(4-13)11(10)17-6-9(15)5-14/h2-4,9,14-15H,5-6H2,1H3. The topological polar surface area (TPSA) is 76.0 Å². The van der Waals surface area contributed by atoms with Gasteiger partial charge in [0.15, 0.2) is 17.8 Å². The minimum absolute atomic E-state index is 0.144. The number of ether oxygens (including phenoxy) is 2. The summed E-state index contributed by atoms with van der Waals surface area (Å²) in [6.45, 7) is -0.568. The van der Waals surface area contributed by atoms with Crippen molar-refractivity contribution in [1.29, 1.82) is 0 Å². The molecule has 1 aromatic carbocycles. The summed E-state index contributed by atoms with van der Waals surface area (Å²) in [6, 6.07) is 2.92. The first kappa shape index (κ1) is 13.8. The summed E-state index contributed by atoms with van der Waals surface area (Å²) in [7, 11) is 1.41. The number of aldehydes is 1. The van der Waals surface area contributed by atoms with Gasteiger partial charge in [-0.3, -0.25) is 4.79 Å². The van der Waals surface area contributed by atoms with Crippen LogP contribution in [0.4, 0.5) is 0 Å². The monoisotopic (exact) mass is 260 g/mol. The molecule has 2 N–H and O–H groups in total. The average molecular weight is 261 g/mol. The van der Waals surface area contributed by atoms with Crippen molar-refractivity contribution in [2.45, 2.75) is 6.10 Å². The lowest BCUT2D eigenvalue weighted by Gasteiger charge is -2.14. The van der Waals surface area contributed by atoms with Crippen LogP contribution in [0.3, 0.4) is 0 Å². The Morgan fingerprint density at radius 1 is 1.53 bits per heavy atom. The number of aliphatic hydroxyl groups is 2. The summed E-state index contributed by atoms with van der Waals surface area (Å²) in [6.07, 6.45) is -0.440. The number of aliphatic hydroxyl groups excluding tert-OH is 2. The summed E-state index contributed by atoms with van der Waals surface area (Å²) >= 11 is 5.79. The van der Waals surface area contributed by atoms with Crippen LogP contribution in [0.5, 0.6) is 11.5 Å². The van der Waals surface area contributed by atoms with Crippen LogP contribution >= 0.6 is 11.6 Å². The molecule has 0 radical (unpaired) electrons. The fourth-order valence-corrected chi connectivity index (χ4v) is 1.43. The smallest absolute Gasteiger partial charge is 0.171 e. The Labute approximate surface area is 104 Å². The third kappa shape index (κ3) is 3.59. The summed E-state index contributed by atoms with van der Waals surface area (Å²) in [5.74, 6) is 0.490. The number of halogens is 1. The molecule has 1 rings (SSSR count). The predicted molar refractivity (Wildman–Crippen MR) is 62.0 cm³/mol. The molecule has 0 saturated heterocycles. The molecule has 0 amide bonds. The third-order valence-corrected chi connectivity index (χ3v) is 2.24. The van der Waals surface area contributed by atoms with Crippen LogP contribution in [-0.2, 0) is 0 Å². The van der Waals surface area contributed by atoms with Gasteiger partial charge in [0.05, 0.1) is 19.3 Å². The molecular weight excluding hydrogens is 248 g/mol. The van der Waals surface area contributed by atoms with E-state index in [2.05, 4.69) is 0 Å². The van der Waals surface area contributed by atoms with Crippen LogP contribution in [-0.4, -0.2) is 42.9 Å². The lowest BCUT2D eigenvalue weighted by Crippen LogP contribution is -2.21. The molecule has 0 bridgehead atoms.